The van der Waals surface area contributed by atoms with E-state index in [0.29, 0.717) is 12.4 Å². The molecule has 0 saturated carbocycles. The van der Waals surface area contributed by atoms with Gasteiger partial charge >= 0.3 is 6.03 Å². The number of carbonyl (C=O) groups excluding carboxylic acids is 1. The van der Waals surface area contributed by atoms with Crippen LogP contribution in [0.25, 0.3) is 0 Å². The van der Waals surface area contributed by atoms with Crippen LogP contribution < -0.4 is 5.32 Å². The molecule has 2 amide bonds. The first-order valence-electron chi connectivity index (χ1n) is 4.78. The Hall–Kier alpha value is -1.22. The number of anilines is 1. The van der Waals surface area contributed by atoms with Gasteiger partial charge in [-0.25, -0.2) is 4.79 Å². The van der Waals surface area contributed by atoms with Crippen molar-refractivity contribution in [2.75, 3.05) is 24.8 Å². The van der Waals surface area contributed by atoms with E-state index in [9.17, 15) is 4.79 Å². The minimum Gasteiger partial charge on any atom is -0.326 e. The molecule has 0 unspecified atom stereocenters. The third kappa shape index (κ3) is 3.80. The fourth-order valence-electron chi connectivity index (χ4n) is 1.08. The summed E-state index contributed by atoms with van der Waals surface area (Å²) in [6.45, 7) is 2.55. The van der Waals surface area contributed by atoms with Crippen molar-refractivity contribution in [3.8, 4) is 0 Å². The average Bonchev–Trinajstić information content (AvgIpc) is 2.22. The first kappa shape index (κ1) is 11.9. The van der Waals surface area contributed by atoms with Crippen LogP contribution in [0.1, 0.15) is 5.56 Å². The van der Waals surface area contributed by atoms with Crippen LogP contribution in [0.3, 0.4) is 0 Å². The van der Waals surface area contributed by atoms with E-state index in [0.717, 1.165) is 5.69 Å². The maximum Gasteiger partial charge on any atom is 0.321 e. The molecule has 0 bridgehead atoms. The van der Waals surface area contributed by atoms with Crippen LogP contribution in [0.15, 0.2) is 24.3 Å². The summed E-state index contributed by atoms with van der Waals surface area (Å²) < 4.78 is 0. The molecule has 1 N–H and O–H groups in total. The van der Waals surface area contributed by atoms with Gasteiger partial charge in [0.25, 0.3) is 0 Å². The minimum atomic E-state index is -0.139. The molecule has 82 valence electrons. The van der Waals surface area contributed by atoms with Crippen LogP contribution in [0.2, 0.25) is 0 Å². The fourth-order valence-corrected chi connectivity index (χ4v) is 1.34. The van der Waals surface area contributed by atoms with Crippen molar-refractivity contribution in [3.63, 3.8) is 0 Å². The number of nitrogens with one attached hydrogen (secondary N) is 1. The highest BCUT2D eigenvalue weighted by atomic mass is 35.5. The first-order valence-corrected chi connectivity index (χ1v) is 5.31. The van der Waals surface area contributed by atoms with E-state index in [-0.39, 0.29) is 6.03 Å². The number of hydrogen-bond donors (Lipinski definition) is 1. The molecule has 0 aromatic heterocycles. The van der Waals surface area contributed by atoms with Crippen molar-refractivity contribution in [1.29, 1.82) is 0 Å². The highest BCUT2D eigenvalue weighted by molar-refractivity contribution is 6.18. The van der Waals surface area contributed by atoms with Gasteiger partial charge in [-0.05, 0) is 19.1 Å². The number of carbonyl (C=O) groups is 1. The van der Waals surface area contributed by atoms with E-state index >= 15 is 0 Å². The quantitative estimate of drug-likeness (QED) is 0.790. The topological polar surface area (TPSA) is 32.3 Å². The first-order chi connectivity index (χ1) is 7.13. The zero-order valence-corrected chi connectivity index (χ0v) is 9.71. The third-order valence-corrected chi connectivity index (χ3v) is 2.24. The molecule has 3 nitrogen and oxygen atoms in total. The Morgan fingerprint density at radius 1 is 1.40 bits per heavy atom. The lowest BCUT2D eigenvalue weighted by atomic mass is 10.2. The molecule has 0 atom stereocenters. The Labute approximate surface area is 95.0 Å². The number of aryl methyl sites for hydroxylation is 1. The van der Waals surface area contributed by atoms with E-state index in [1.807, 2.05) is 31.2 Å². The molecule has 0 radical (unpaired) electrons. The standard InChI is InChI=1S/C11H15ClN2O/c1-9-3-5-10(6-4-9)13-11(15)14(2)8-7-12/h3-6H,7-8H2,1-2H3,(H,13,15). The number of rotatable bonds is 3. The van der Waals surface area contributed by atoms with Crippen LogP contribution in [-0.2, 0) is 0 Å². The number of amides is 2. The van der Waals surface area contributed by atoms with Crippen molar-refractivity contribution < 1.29 is 4.79 Å². The molecule has 15 heavy (non-hydrogen) atoms. The van der Waals surface area contributed by atoms with Crippen molar-refractivity contribution in [2.45, 2.75) is 6.92 Å². The molecule has 4 heteroatoms. The molecule has 1 aromatic rings. The van der Waals surface area contributed by atoms with E-state index in [1.165, 1.54) is 5.56 Å². The van der Waals surface area contributed by atoms with Crippen molar-refractivity contribution in [2.24, 2.45) is 0 Å². The number of halogens is 1. The zero-order valence-electron chi connectivity index (χ0n) is 8.96. The van der Waals surface area contributed by atoms with Crippen LogP contribution in [0, 0.1) is 6.92 Å². The predicted molar refractivity (Wildman–Crippen MR) is 63.5 cm³/mol. The smallest absolute Gasteiger partial charge is 0.321 e. The van der Waals surface area contributed by atoms with Crippen molar-refractivity contribution in [3.05, 3.63) is 29.8 Å². The Morgan fingerprint density at radius 2 is 2.00 bits per heavy atom. The van der Waals surface area contributed by atoms with Gasteiger partial charge in [0.2, 0.25) is 0 Å². The monoisotopic (exact) mass is 226 g/mol. The molecule has 1 rings (SSSR count). The van der Waals surface area contributed by atoms with Gasteiger partial charge in [-0.15, -0.1) is 11.6 Å². The normalized spacial score (nSPS) is 9.80. The second-order valence-corrected chi connectivity index (χ2v) is 3.78. The third-order valence-electron chi connectivity index (χ3n) is 2.07. The van der Waals surface area contributed by atoms with E-state index in [2.05, 4.69) is 5.32 Å². The Balaban J connectivity index is 2.54. The summed E-state index contributed by atoms with van der Waals surface area (Å²) in [5.74, 6) is 0.442. The van der Waals surface area contributed by atoms with Gasteiger partial charge in [-0.1, -0.05) is 17.7 Å². The predicted octanol–water partition coefficient (Wildman–Crippen LogP) is 2.70. The number of hydrogen-bond acceptors (Lipinski definition) is 1. The van der Waals surface area contributed by atoms with Gasteiger partial charge < -0.3 is 10.2 Å². The molecular formula is C11H15ClN2O. The number of nitrogens with zero attached hydrogens (tertiary/aromatic N) is 1. The molecule has 0 aliphatic rings. The second kappa shape index (κ2) is 5.61. The lowest BCUT2D eigenvalue weighted by molar-refractivity contribution is 0.225. The van der Waals surface area contributed by atoms with Gasteiger partial charge in [-0.2, -0.15) is 0 Å². The van der Waals surface area contributed by atoms with Gasteiger partial charge in [0.1, 0.15) is 0 Å². The maximum absolute atomic E-state index is 11.5. The summed E-state index contributed by atoms with van der Waals surface area (Å²) in [7, 11) is 1.71. The van der Waals surface area contributed by atoms with Crippen molar-refractivity contribution >= 4 is 23.3 Å². The molecular weight excluding hydrogens is 212 g/mol. The number of alkyl halides is 1. The van der Waals surface area contributed by atoms with Crippen LogP contribution in [0.5, 0.6) is 0 Å². The molecule has 0 fully saturated rings. The molecule has 0 spiro atoms. The Morgan fingerprint density at radius 3 is 2.53 bits per heavy atom. The lowest BCUT2D eigenvalue weighted by Crippen LogP contribution is -2.32. The fraction of sp³-hybridized carbons (Fsp3) is 0.364. The Bertz CT molecular complexity index is 324. The van der Waals surface area contributed by atoms with Crippen molar-refractivity contribution in [1.82, 2.24) is 4.90 Å². The summed E-state index contributed by atoms with van der Waals surface area (Å²) in [4.78, 5) is 13.1. The highest BCUT2D eigenvalue weighted by Gasteiger charge is 2.06. The van der Waals surface area contributed by atoms with Crippen LogP contribution in [-0.4, -0.2) is 30.4 Å². The lowest BCUT2D eigenvalue weighted by Gasteiger charge is -2.16. The molecule has 0 aliphatic heterocycles. The number of benzene rings is 1. The summed E-state index contributed by atoms with van der Waals surface area (Å²) in [5, 5.41) is 2.78. The van der Waals surface area contributed by atoms with Gasteiger partial charge in [0.05, 0.1) is 0 Å². The highest BCUT2D eigenvalue weighted by Crippen LogP contribution is 2.09. The van der Waals surface area contributed by atoms with E-state index < -0.39 is 0 Å². The minimum absolute atomic E-state index is 0.139. The van der Waals surface area contributed by atoms with E-state index in [4.69, 9.17) is 11.6 Å². The van der Waals surface area contributed by atoms with Crippen LogP contribution in [0.4, 0.5) is 10.5 Å². The van der Waals surface area contributed by atoms with Gasteiger partial charge in [0.15, 0.2) is 0 Å². The molecule has 0 saturated heterocycles. The Kier molecular flexibility index (Phi) is 4.43. The largest absolute Gasteiger partial charge is 0.326 e. The van der Waals surface area contributed by atoms with Gasteiger partial charge in [-0.3, -0.25) is 0 Å². The summed E-state index contributed by atoms with van der Waals surface area (Å²) >= 11 is 5.54. The summed E-state index contributed by atoms with van der Waals surface area (Å²) in [6.07, 6.45) is 0. The zero-order chi connectivity index (χ0) is 11.3. The van der Waals surface area contributed by atoms with Gasteiger partial charge in [0, 0.05) is 25.2 Å². The average molecular weight is 227 g/mol. The molecule has 0 heterocycles. The SMILES string of the molecule is Cc1ccc(NC(=O)N(C)CCCl)cc1. The number of urea groups is 1. The molecule has 1 aromatic carbocycles. The molecule has 0 aliphatic carbocycles. The maximum atomic E-state index is 11.5. The van der Waals surface area contributed by atoms with E-state index in [1.54, 1.807) is 11.9 Å². The summed E-state index contributed by atoms with van der Waals surface area (Å²) in [5.41, 5.74) is 1.97. The van der Waals surface area contributed by atoms with Crippen LogP contribution >= 0.6 is 11.6 Å². The second-order valence-electron chi connectivity index (χ2n) is 3.41. The summed E-state index contributed by atoms with van der Waals surface area (Å²) in [6, 6.07) is 7.53.